The second kappa shape index (κ2) is 10.5. The third-order valence-electron chi connectivity index (χ3n) is 8.33. The van der Waals surface area contributed by atoms with E-state index in [9.17, 15) is 0 Å². The number of benzene rings is 5. The number of nitrogens with zero attached hydrogens (tertiary/aromatic N) is 2. The van der Waals surface area contributed by atoms with E-state index in [0.717, 1.165) is 30.7 Å². The lowest BCUT2D eigenvalue weighted by molar-refractivity contribution is 0.876. The zero-order valence-corrected chi connectivity index (χ0v) is 22.8. The summed E-state index contributed by atoms with van der Waals surface area (Å²) in [4.78, 5) is 11.1. The molecule has 194 valence electrons. The lowest BCUT2D eigenvalue weighted by Gasteiger charge is -2.17. The molecule has 0 amide bonds. The maximum atomic E-state index is 5.58. The molecule has 0 N–H and O–H groups in total. The first-order valence-corrected chi connectivity index (χ1v) is 14.4. The maximum absolute atomic E-state index is 5.58. The molecular formula is C38H32N2. The van der Waals surface area contributed by atoms with Gasteiger partial charge in [-0.25, -0.2) is 0 Å². The molecule has 0 fully saturated rings. The number of hydrogen-bond donors (Lipinski definition) is 0. The summed E-state index contributed by atoms with van der Waals surface area (Å²) in [5.74, 6) is 0. The summed E-state index contributed by atoms with van der Waals surface area (Å²) in [5.41, 5.74) is 13.9. The van der Waals surface area contributed by atoms with Crippen LogP contribution in [0.4, 0.5) is 0 Å². The molecule has 0 unspecified atom stereocenters. The SMILES string of the molecule is CCC(=NC1c2ccccc2-c2ccccc21)C(CCc1ccccc1)=NC1c2ccccc2-c2ccccc21. The Kier molecular flexibility index (Phi) is 6.45. The van der Waals surface area contributed by atoms with E-state index in [1.54, 1.807) is 0 Å². The maximum Gasteiger partial charge on any atom is 0.101 e. The van der Waals surface area contributed by atoms with Crippen LogP contribution >= 0.6 is 0 Å². The molecular weight excluding hydrogens is 484 g/mol. The van der Waals surface area contributed by atoms with Gasteiger partial charge in [0, 0.05) is 0 Å². The van der Waals surface area contributed by atoms with Crippen LogP contribution in [0.2, 0.25) is 0 Å². The summed E-state index contributed by atoms with van der Waals surface area (Å²) in [6, 6.07) is 45.7. The van der Waals surface area contributed by atoms with Gasteiger partial charge in [-0.2, -0.15) is 0 Å². The molecule has 2 aliphatic carbocycles. The normalized spacial score (nSPS) is 14.5. The van der Waals surface area contributed by atoms with Crippen molar-refractivity contribution < 1.29 is 0 Å². The smallest absolute Gasteiger partial charge is 0.101 e. The van der Waals surface area contributed by atoms with Gasteiger partial charge in [-0.1, -0.05) is 134 Å². The minimum Gasteiger partial charge on any atom is -0.275 e. The van der Waals surface area contributed by atoms with Crippen LogP contribution in [0, 0.1) is 0 Å². The third kappa shape index (κ3) is 4.30. The first-order chi connectivity index (χ1) is 19.8. The van der Waals surface area contributed by atoms with Crippen molar-refractivity contribution in [2.75, 3.05) is 0 Å². The van der Waals surface area contributed by atoms with E-state index >= 15 is 0 Å². The molecule has 5 aromatic carbocycles. The second-order valence-corrected chi connectivity index (χ2v) is 10.6. The quantitative estimate of drug-likeness (QED) is 0.192. The Morgan fingerprint density at radius 1 is 0.475 bits per heavy atom. The molecule has 0 saturated carbocycles. The van der Waals surface area contributed by atoms with Crippen molar-refractivity contribution in [2.24, 2.45) is 9.98 Å². The first-order valence-electron chi connectivity index (χ1n) is 14.4. The highest BCUT2D eigenvalue weighted by Gasteiger charge is 2.30. The summed E-state index contributed by atoms with van der Waals surface area (Å²) in [5, 5.41) is 0. The van der Waals surface area contributed by atoms with Gasteiger partial charge >= 0.3 is 0 Å². The average molecular weight is 517 g/mol. The Morgan fingerprint density at radius 2 is 0.850 bits per heavy atom. The van der Waals surface area contributed by atoms with Gasteiger partial charge in [-0.15, -0.1) is 0 Å². The van der Waals surface area contributed by atoms with Crippen LogP contribution in [-0.2, 0) is 6.42 Å². The van der Waals surface area contributed by atoms with E-state index in [1.165, 1.54) is 50.1 Å². The number of aryl methyl sites for hydroxylation is 1. The number of rotatable bonds is 7. The predicted molar refractivity (Wildman–Crippen MR) is 167 cm³/mol. The molecule has 2 nitrogen and oxygen atoms in total. The molecule has 0 radical (unpaired) electrons. The first kappa shape index (κ1) is 24.5. The van der Waals surface area contributed by atoms with E-state index in [4.69, 9.17) is 9.98 Å². The molecule has 0 saturated heterocycles. The highest BCUT2D eigenvalue weighted by Crippen LogP contribution is 2.47. The number of fused-ring (bicyclic) bond motifs is 6. The summed E-state index contributed by atoms with van der Waals surface area (Å²) in [7, 11) is 0. The van der Waals surface area contributed by atoms with Gasteiger partial charge < -0.3 is 0 Å². The zero-order chi connectivity index (χ0) is 26.9. The topological polar surface area (TPSA) is 24.7 Å². The average Bonchev–Trinajstić information content (AvgIpc) is 3.51. The highest BCUT2D eigenvalue weighted by molar-refractivity contribution is 6.42. The molecule has 0 spiro atoms. The largest absolute Gasteiger partial charge is 0.275 e. The van der Waals surface area contributed by atoms with Crippen LogP contribution in [0.1, 0.15) is 59.7 Å². The molecule has 0 atom stereocenters. The van der Waals surface area contributed by atoms with E-state index in [-0.39, 0.29) is 12.1 Å². The van der Waals surface area contributed by atoms with Crippen molar-refractivity contribution in [2.45, 2.75) is 38.3 Å². The summed E-state index contributed by atoms with van der Waals surface area (Å²) < 4.78 is 0. The van der Waals surface area contributed by atoms with Gasteiger partial charge in [-0.3, -0.25) is 9.98 Å². The summed E-state index contributed by atoms with van der Waals surface area (Å²) >= 11 is 0. The molecule has 2 heteroatoms. The second-order valence-electron chi connectivity index (χ2n) is 10.6. The van der Waals surface area contributed by atoms with Crippen molar-refractivity contribution in [3.63, 3.8) is 0 Å². The molecule has 0 bridgehead atoms. The molecule has 5 aromatic rings. The third-order valence-corrected chi connectivity index (χ3v) is 8.33. The molecule has 0 heterocycles. The summed E-state index contributed by atoms with van der Waals surface area (Å²) in [6.07, 6.45) is 2.63. The van der Waals surface area contributed by atoms with Gasteiger partial charge in [0.2, 0.25) is 0 Å². The van der Waals surface area contributed by atoms with Crippen LogP contribution in [0.25, 0.3) is 22.3 Å². The van der Waals surface area contributed by atoms with Crippen LogP contribution in [0.5, 0.6) is 0 Å². The van der Waals surface area contributed by atoms with E-state index in [1.807, 2.05) is 0 Å². The fraction of sp³-hybridized carbons (Fsp3) is 0.158. The molecule has 0 aliphatic heterocycles. The predicted octanol–water partition coefficient (Wildman–Crippen LogP) is 9.45. The minimum absolute atomic E-state index is 0.00701. The van der Waals surface area contributed by atoms with Crippen molar-refractivity contribution in [1.29, 1.82) is 0 Å². The zero-order valence-electron chi connectivity index (χ0n) is 22.8. The Hall–Kier alpha value is -4.56. The summed E-state index contributed by atoms with van der Waals surface area (Å²) in [6.45, 7) is 2.22. The van der Waals surface area contributed by atoms with Crippen molar-refractivity contribution in [1.82, 2.24) is 0 Å². The minimum atomic E-state index is -0.0157. The van der Waals surface area contributed by atoms with Crippen molar-refractivity contribution in [3.8, 4) is 22.3 Å². The van der Waals surface area contributed by atoms with E-state index < -0.39 is 0 Å². The fourth-order valence-electron chi connectivity index (χ4n) is 6.41. The number of aliphatic imine (C=N–C) groups is 2. The molecule has 40 heavy (non-hydrogen) atoms. The Labute approximate surface area is 236 Å². The van der Waals surface area contributed by atoms with Gasteiger partial charge in [0.1, 0.15) is 12.1 Å². The number of hydrogen-bond acceptors (Lipinski definition) is 2. The van der Waals surface area contributed by atoms with E-state index in [2.05, 4.69) is 134 Å². The highest BCUT2D eigenvalue weighted by atomic mass is 14.9. The van der Waals surface area contributed by atoms with Crippen molar-refractivity contribution in [3.05, 3.63) is 155 Å². The lowest BCUT2D eigenvalue weighted by Crippen LogP contribution is -2.18. The standard InChI is InChI=1S/C38H32N2/c1-2-35(39-37-31-20-10-6-16-27(31)28-17-7-11-21-32(28)37)36(25-24-26-14-4-3-5-15-26)40-38-33-22-12-8-18-29(33)30-19-9-13-23-34(30)38/h3-23,37-38H,2,24-25H2,1H3. The van der Waals surface area contributed by atoms with Gasteiger partial charge in [-0.05, 0) is 69.3 Å². The monoisotopic (exact) mass is 516 g/mol. The van der Waals surface area contributed by atoms with Crippen LogP contribution < -0.4 is 0 Å². The Bertz CT molecular complexity index is 1650. The van der Waals surface area contributed by atoms with Gasteiger partial charge in [0.05, 0.1) is 11.4 Å². The molecule has 0 aromatic heterocycles. The van der Waals surface area contributed by atoms with Crippen LogP contribution in [0.3, 0.4) is 0 Å². The lowest BCUT2D eigenvalue weighted by atomic mass is 9.99. The Morgan fingerprint density at radius 3 is 1.27 bits per heavy atom. The van der Waals surface area contributed by atoms with Crippen LogP contribution in [-0.4, -0.2) is 11.4 Å². The van der Waals surface area contributed by atoms with Gasteiger partial charge in [0.15, 0.2) is 0 Å². The molecule has 2 aliphatic rings. The van der Waals surface area contributed by atoms with Gasteiger partial charge in [0.25, 0.3) is 0 Å². The fourth-order valence-corrected chi connectivity index (χ4v) is 6.41. The van der Waals surface area contributed by atoms with Crippen molar-refractivity contribution >= 4 is 11.4 Å². The van der Waals surface area contributed by atoms with E-state index in [0.29, 0.717) is 0 Å². The molecule has 7 rings (SSSR count). The van der Waals surface area contributed by atoms with Crippen LogP contribution in [0.15, 0.2) is 137 Å². The Balaban J connectivity index is 1.35.